The van der Waals surface area contributed by atoms with Gasteiger partial charge in [0.1, 0.15) is 29.9 Å². The minimum Gasteiger partial charge on any atom is -0.365 e. The summed E-state index contributed by atoms with van der Waals surface area (Å²) in [5.41, 5.74) is 5.69. The molecule has 0 bridgehead atoms. The second-order valence-corrected chi connectivity index (χ2v) is 3.84. The lowest BCUT2D eigenvalue weighted by Crippen LogP contribution is -2.21. The molecule has 0 aromatic carbocycles. The molecule has 0 atom stereocenters. The van der Waals surface area contributed by atoms with Gasteiger partial charge in [-0.1, -0.05) is 5.16 Å². The standard InChI is InChI=1S/C11H9F3N4O2/c12-11(13,14)5-17-8-3-6(1-2-16-8)9-7(10(15)19)4-20-18-9/h1-4H,5H2,(H2,15,19)(H,16,17). The van der Waals surface area contributed by atoms with E-state index in [9.17, 15) is 18.0 Å². The summed E-state index contributed by atoms with van der Waals surface area (Å²) >= 11 is 0. The molecule has 0 saturated heterocycles. The molecule has 0 saturated carbocycles. The predicted octanol–water partition coefficient (Wildman–Crippen LogP) is 1.81. The minimum absolute atomic E-state index is 0.00162. The number of carbonyl (C=O) groups excluding carboxylic acids is 1. The number of nitrogens with one attached hydrogen (secondary N) is 1. The van der Waals surface area contributed by atoms with E-state index in [0.717, 1.165) is 6.26 Å². The van der Waals surface area contributed by atoms with E-state index < -0.39 is 18.6 Å². The van der Waals surface area contributed by atoms with Gasteiger partial charge >= 0.3 is 6.18 Å². The first-order valence-corrected chi connectivity index (χ1v) is 5.38. The van der Waals surface area contributed by atoms with Gasteiger partial charge in [0.2, 0.25) is 0 Å². The zero-order chi connectivity index (χ0) is 14.8. The molecule has 2 heterocycles. The number of rotatable bonds is 4. The van der Waals surface area contributed by atoms with E-state index in [0.29, 0.717) is 5.56 Å². The molecule has 3 N–H and O–H groups in total. The van der Waals surface area contributed by atoms with Crippen molar-refractivity contribution in [1.29, 1.82) is 0 Å². The highest BCUT2D eigenvalue weighted by Crippen LogP contribution is 2.24. The molecule has 0 spiro atoms. The zero-order valence-corrected chi connectivity index (χ0v) is 9.94. The summed E-state index contributed by atoms with van der Waals surface area (Å²) in [6, 6.07) is 2.79. The van der Waals surface area contributed by atoms with Crippen LogP contribution >= 0.6 is 0 Å². The van der Waals surface area contributed by atoms with E-state index in [1.807, 2.05) is 0 Å². The molecule has 0 aliphatic heterocycles. The third-order valence-corrected chi connectivity index (χ3v) is 2.34. The number of primary amides is 1. The number of carbonyl (C=O) groups is 1. The van der Waals surface area contributed by atoms with Crippen molar-refractivity contribution >= 4 is 11.7 Å². The van der Waals surface area contributed by atoms with Gasteiger partial charge in [-0.15, -0.1) is 0 Å². The van der Waals surface area contributed by atoms with Crippen LogP contribution in [0.15, 0.2) is 29.1 Å². The maximum atomic E-state index is 12.1. The molecule has 0 aliphatic carbocycles. The molecule has 0 aliphatic rings. The van der Waals surface area contributed by atoms with Crippen LogP contribution in [-0.4, -0.2) is 28.8 Å². The molecular formula is C11H9F3N4O2. The molecule has 20 heavy (non-hydrogen) atoms. The average Bonchev–Trinajstić information content (AvgIpc) is 2.85. The fourth-order valence-electron chi connectivity index (χ4n) is 1.49. The Labute approximate surface area is 110 Å². The van der Waals surface area contributed by atoms with Gasteiger partial charge in [-0.05, 0) is 12.1 Å². The van der Waals surface area contributed by atoms with Crippen LogP contribution in [0.4, 0.5) is 19.0 Å². The number of hydrogen-bond donors (Lipinski definition) is 2. The lowest BCUT2D eigenvalue weighted by molar-refractivity contribution is -0.115. The Hall–Kier alpha value is -2.58. The highest BCUT2D eigenvalue weighted by Gasteiger charge is 2.26. The normalized spacial score (nSPS) is 11.3. The van der Waals surface area contributed by atoms with Gasteiger partial charge in [-0.25, -0.2) is 4.98 Å². The summed E-state index contributed by atoms with van der Waals surface area (Å²) in [6.07, 6.45) is -2.00. The monoisotopic (exact) mass is 286 g/mol. The van der Waals surface area contributed by atoms with Crippen LogP contribution in [0.25, 0.3) is 11.3 Å². The van der Waals surface area contributed by atoms with E-state index in [2.05, 4.69) is 20.0 Å². The first kappa shape index (κ1) is 13.8. The van der Waals surface area contributed by atoms with Crippen molar-refractivity contribution in [2.75, 3.05) is 11.9 Å². The fraction of sp³-hybridized carbons (Fsp3) is 0.182. The van der Waals surface area contributed by atoms with Gasteiger partial charge in [0.25, 0.3) is 5.91 Å². The van der Waals surface area contributed by atoms with Gasteiger partial charge in [0.15, 0.2) is 0 Å². The fourth-order valence-corrected chi connectivity index (χ4v) is 1.49. The quantitative estimate of drug-likeness (QED) is 0.893. The summed E-state index contributed by atoms with van der Waals surface area (Å²) in [7, 11) is 0. The second-order valence-electron chi connectivity index (χ2n) is 3.84. The Morgan fingerprint density at radius 3 is 2.85 bits per heavy atom. The summed E-state index contributed by atoms with van der Waals surface area (Å²) in [5.74, 6) is -0.749. The molecule has 2 rings (SSSR count). The third kappa shape index (κ3) is 3.25. The third-order valence-electron chi connectivity index (χ3n) is 2.34. The van der Waals surface area contributed by atoms with Crippen LogP contribution in [0, 0.1) is 0 Å². The average molecular weight is 286 g/mol. The van der Waals surface area contributed by atoms with Gasteiger partial charge in [-0.2, -0.15) is 13.2 Å². The van der Waals surface area contributed by atoms with Crippen molar-refractivity contribution in [3.05, 3.63) is 30.2 Å². The van der Waals surface area contributed by atoms with Crippen LogP contribution in [-0.2, 0) is 0 Å². The molecule has 9 heteroatoms. The number of hydrogen-bond acceptors (Lipinski definition) is 5. The van der Waals surface area contributed by atoms with Gasteiger partial charge in [-0.3, -0.25) is 4.79 Å². The molecule has 6 nitrogen and oxygen atoms in total. The van der Waals surface area contributed by atoms with E-state index in [-0.39, 0.29) is 17.1 Å². The maximum Gasteiger partial charge on any atom is 0.405 e. The van der Waals surface area contributed by atoms with Crippen molar-refractivity contribution in [3.8, 4) is 11.3 Å². The molecular weight excluding hydrogens is 277 g/mol. The number of nitrogens with zero attached hydrogens (tertiary/aromatic N) is 2. The van der Waals surface area contributed by atoms with E-state index in [1.165, 1.54) is 18.3 Å². The second kappa shape index (κ2) is 5.19. The lowest BCUT2D eigenvalue weighted by Gasteiger charge is -2.09. The SMILES string of the molecule is NC(=O)c1conc1-c1ccnc(NCC(F)(F)F)c1. The highest BCUT2D eigenvalue weighted by atomic mass is 19.4. The Morgan fingerprint density at radius 1 is 1.45 bits per heavy atom. The van der Waals surface area contributed by atoms with Gasteiger partial charge in [0.05, 0.1) is 0 Å². The maximum absolute atomic E-state index is 12.1. The number of pyridine rings is 1. The van der Waals surface area contributed by atoms with Crippen molar-refractivity contribution < 1.29 is 22.5 Å². The zero-order valence-electron chi connectivity index (χ0n) is 9.94. The van der Waals surface area contributed by atoms with E-state index >= 15 is 0 Å². The van der Waals surface area contributed by atoms with Crippen LogP contribution in [0.2, 0.25) is 0 Å². The number of nitrogens with two attached hydrogens (primary N) is 1. The van der Waals surface area contributed by atoms with Gasteiger partial charge in [0, 0.05) is 11.8 Å². The van der Waals surface area contributed by atoms with Gasteiger partial charge < -0.3 is 15.6 Å². The van der Waals surface area contributed by atoms with Crippen LogP contribution in [0.3, 0.4) is 0 Å². The number of anilines is 1. The Bertz CT molecular complexity index is 624. The first-order chi connectivity index (χ1) is 9.37. The Balaban J connectivity index is 2.25. The number of alkyl halides is 3. The minimum atomic E-state index is -4.36. The lowest BCUT2D eigenvalue weighted by atomic mass is 10.1. The van der Waals surface area contributed by atoms with Crippen molar-refractivity contribution in [1.82, 2.24) is 10.1 Å². The Kier molecular flexibility index (Phi) is 3.59. The molecule has 0 fully saturated rings. The van der Waals surface area contributed by atoms with E-state index in [4.69, 9.17) is 5.73 Å². The number of aromatic nitrogens is 2. The number of amides is 1. The number of halogens is 3. The van der Waals surface area contributed by atoms with Crippen molar-refractivity contribution in [3.63, 3.8) is 0 Å². The highest BCUT2D eigenvalue weighted by molar-refractivity contribution is 5.98. The summed E-state index contributed by atoms with van der Waals surface area (Å²) in [6.45, 7) is -1.22. The van der Waals surface area contributed by atoms with E-state index in [1.54, 1.807) is 0 Å². The molecule has 106 valence electrons. The summed E-state index contributed by atoms with van der Waals surface area (Å²) in [5, 5.41) is 5.73. The Morgan fingerprint density at radius 2 is 2.20 bits per heavy atom. The molecule has 1 amide bonds. The summed E-state index contributed by atoms with van der Waals surface area (Å²) < 4.78 is 41.0. The summed E-state index contributed by atoms with van der Waals surface area (Å²) in [4.78, 5) is 14.9. The van der Waals surface area contributed by atoms with Crippen LogP contribution < -0.4 is 11.1 Å². The van der Waals surface area contributed by atoms with Crippen molar-refractivity contribution in [2.24, 2.45) is 5.73 Å². The largest absolute Gasteiger partial charge is 0.405 e. The van der Waals surface area contributed by atoms with Crippen molar-refractivity contribution in [2.45, 2.75) is 6.18 Å². The first-order valence-electron chi connectivity index (χ1n) is 5.38. The molecule has 2 aromatic rings. The molecule has 0 unspecified atom stereocenters. The molecule has 0 radical (unpaired) electrons. The van der Waals surface area contributed by atoms with Crippen LogP contribution in [0.5, 0.6) is 0 Å². The molecule has 2 aromatic heterocycles. The smallest absolute Gasteiger partial charge is 0.365 e. The predicted molar refractivity (Wildman–Crippen MR) is 62.8 cm³/mol. The van der Waals surface area contributed by atoms with Crippen LogP contribution in [0.1, 0.15) is 10.4 Å². The topological polar surface area (TPSA) is 94.0 Å².